The molecule has 106 valence electrons. The Balaban J connectivity index is 2.24. The fraction of sp³-hybridized carbons (Fsp3) is 0.500. The normalized spacial score (nSPS) is 20.5. The second kappa shape index (κ2) is 5.97. The van der Waals surface area contributed by atoms with Gasteiger partial charge < -0.3 is 5.32 Å². The van der Waals surface area contributed by atoms with E-state index in [0.717, 1.165) is 19.4 Å². The lowest BCUT2D eigenvalue weighted by atomic mass is 10.1. The first-order valence-corrected chi connectivity index (χ1v) is 8.33. The van der Waals surface area contributed by atoms with Crippen LogP contribution < -0.4 is 10.0 Å². The van der Waals surface area contributed by atoms with Gasteiger partial charge in [0, 0.05) is 22.6 Å². The summed E-state index contributed by atoms with van der Waals surface area (Å²) in [6, 6.07) is 2.78. The predicted octanol–water partition coefficient (Wildman–Crippen LogP) is 2.33. The number of sulfonamides is 1. The Kier molecular flexibility index (Phi) is 4.74. The van der Waals surface area contributed by atoms with Crippen LogP contribution in [0.15, 0.2) is 17.0 Å². The molecule has 1 heterocycles. The highest BCUT2D eigenvalue weighted by molar-refractivity contribution is 7.89. The molecule has 0 aliphatic carbocycles. The highest BCUT2D eigenvalue weighted by Gasteiger charge is 2.22. The average molecular weight is 323 g/mol. The molecule has 1 atom stereocenters. The first-order chi connectivity index (χ1) is 8.90. The van der Waals surface area contributed by atoms with Gasteiger partial charge in [0.1, 0.15) is 0 Å². The highest BCUT2D eigenvalue weighted by Crippen LogP contribution is 2.27. The van der Waals surface area contributed by atoms with Gasteiger partial charge in [0.2, 0.25) is 10.0 Å². The molecule has 0 radical (unpaired) electrons. The van der Waals surface area contributed by atoms with Crippen LogP contribution in [0.1, 0.15) is 18.4 Å². The second-order valence-electron chi connectivity index (χ2n) is 4.68. The van der Waals surface area contributed by atoms with Crippen LogP contribution in [-0.4, -0.2) is 27.5 Å². The summed E-state index contributed by atoms with van der Waals surface area (Å²) < 4.78 is 27.2. The fourth-order valence-corrected chi connectivity index (χ4v) is 3.96. The molecule has 0 amide bonds. The summed E-state index contributed by atoms with van der Waals surface area (Å²) in [4.78, 5) is 0.110. The lowest BCUT2D eigenvalue weighted by Gasteiger charge is -2.23. The first-order valence-electron chi connectivity index (χ1n) is 6.09. The fourth-order valence-electron chi connectivity index (χ4n) is 2.02. The van der Waals surface area contributed by atoms with Crippen LogP contribution in [0.5, 0.6) is 0 Å². The monoisotopic (exact) mass is 322 g/mol. The van der Waals surface area contributed by atoms with Crippen molar-refractivity contribution in [2.24, 2.45) is 0 Å². The topological polar surface area (TPSA) is 58.2 Å². The molecule has 1 aliphatic heterocycles. The van der Waals surface area contributed by atoms with Gasteiger partial charge in [-0.05, 0) is 44.0 Å². The van der Waals surface area contributed by atoms with E-state index in [9.17, 15) is 8.42 Å². The molecular formula is C12H16Cl2N2O2S. The van der Waals surface area contributed by atoms with Crippen LogP contribution in [0.2, 0.25) is 10.0 Å². The van der Waals surface area contributed by atoms with Crippen molar-refractivity contribution < 1.29 is 8.42 Å². The maximum atomic E-state index is 12.3. The van der Waals surface area contributed by atoms with E-state index in [1.165, 1.54) is 12.1 Å². The molecule has 1 aromatic rings. The summed E-state index contributed by atoms with van der Waals surface area (Å²) >= 11 is 12.0. The summed E-state index contributed by atoms with van der Waals surface area (Å²) in [6.07, 6.45) is 1.79. The Bertz CT molecular complexity index is 546. The van der Waals surface area contributed by atoms with Gasteiger partial charge in [-0.25, -0.2) is 13.1 Å². The zero-order chi connectivity index (χ0) is 14.0. The van der Waals surface area contributed by atoms with Gasteiger partial charge in [0.05, 0.1) is 4.90 Å². The summed E-state index contributed by atoms with van der Waals surface area (Å²) in [5, 5.41) is 3.87. The largest absolute Gasteiger partial charge is 0.315 e. The van der Waals surface area contributed by atoms with Crippen LogP contribution in [0, 0.1) is 6.92 Å². The molecule has 1 unspecified atom stereocenters. The number of rotatable bonds is 3. The summed E-state index contributed by atoms with van der Waals surface area (Å²) in [5.41, 5.74) is 0.682. The minimum Gasteiger partial charge on any atom is -0.315 e. The van der Waals surface area contributed by atoms with Gasteiger partial charge in [0.15, 0.2) is 0 Å². The van der Waals surface area contributed by atoms with Crippen molar-refractivity contribution in [3.05, 3.63) is 27.7 Å². The van der Waals surface area contributed by atoms with Crippen LogP contribution in [-0.2, 0) is 10.0 Å². The summed E-state index contributed by atoms with van der Waals surface area (Å²) in [5.74, 6) is 0. The van der Waals surface area contributed by atoms with Crippen LogP contribution in [0.4, 0.5) is 0 Å². The Labute approximate surface area is 123 Å². The molecule has 2 N–H and O–H groups in total. The third kappa shape index (κ3) is 3.61. The number of piperidine rings is 1. The maximum Gasteiger partial charge on any atom is 0.240 e. The molecule has 7 heteroatoms. The van der Waals surface area contributed by atoms with Gasteiger partial charge in [-0.2, -0.15) is 0 Å². The summed E-state index contributed by atoms with van der Waals surface area (Å²) in [6.45, 7) is 3.33. The molecule has 0 spiro atoms. The van der Waals surface area contributed by atoms with Crippen molar-refractivity contribution in [2.75, 3.05) is 13.1 Å². The van der Waals surface area contributed by atoms with Crippen LogP contribution >= 0.6 is 23.2 Å². The van der Waals surface area contributed by atoms with Gasteiger partial charge in [-0.3, -0.25) is 0 Å². The molecular weight excluding hydrogens is 307 g/mol. The standard InChI is InChI=1S/C12H16Cl2N2O2S/c1-8-11(13)5-10(6-12(8)14)19(17,18)16-9-3-2-4-15-7-9/h5-6,9,15-16H,2-4,7H2,1H3. The van der Waals surface area contributed by atoms with Crippen LogP contribution in [0.25, 0.3) is 0 Å². The lowest BCUT2D eigenvalue weighted by molar-refractivity contribution is 0.428. The minimum absolute atomic E-state index is 0.0856. The third-order valence-electron chi connectivity index (χ3n) is 3.18. The average Bonchev–Trinajstić information content (AvgIpc) is 2.36. The van der Waals surface area contributed by atoms with E-state index in [-0.39, 0.29) is 10.9 Å². The highest BCUT2D eigenvalue weighted by atomic mass is 35.5. The zero-order valence-electron chi connectivity index (χ0n) is 10.5. The van der Waals surface area contributed by atoms with Crippen molar-refractivity contribution >= 4 is 33.2 Å². The number of hydrogen-bond acceptors (Lipinski definition) is 3. The van der Waals surface area contributed by atoms with Crippen molar-refractivity contribution in [1.29, 1.82) is 0 Å². The van der Waals surface area contributed by atoms with E-state index in [1.54, 1.807) is 6.92 Å². The van der Waals surface area contributed by atoms with E-state index in [4.69, 9.17) is 23.2 Å². The van der Waals surface area contributed by atoms with E-state index < -0.39 is 10.0 Å². The van der Waals surface area contributed by atoms with Crippen LogP contribution in [0.3, 0.4) is 0 Å². The molecule has 1 saturated heterocycles. The molecule has 1 fully saturated rings. The Morgan fingerprint density at radius 3 is 2.47 bits per heavy atom. The van der Waals surface area contributed by atoms with Crippen molar-refractivity contribution in [3.63, 3.8) is 0 Å². The number of benzene rings is 1. The number of hydrogen-bond donors (Lipinski definition) is 2. The molecule has 19 heavy (non-hydrogen) atoms. The molecule has 1 aliphatic rings. The Hall–Kier alpha value is -0.330. The smallest absolute Gasteiger partial charge is 0.240 e. The zero-order valence-corrected chi connectivity index (χ0v) is 12.9. The van der Waals surface area contributed by atoms with Crippen molar-refractivity contribution in [1.82, 2.24) is 10.0 Å². The number of nitrogens with one attached hydrogen (secondary N) is 2. The van der Waals surface area contributed by atoms with Gasteiger partial charge in [-0.1, -0.05) is 23.2 Å². The molecule has 0 aromatic heterocycles. The molecule has 2 rings (SSSR count). The van der Waals surface area contributed by atoms with Crippen molar-refractivity contribution in [2.45, 2.75) is 30.7 Å². The third-order valence-corrected chi connectivity index (χ3v) is 5.47. The number of halogens is 2. The summed E-state index contributed by atoms with van der Waals surface area (Å²) in [7, 11) is -3.58. The van der Waals surface area contributed by atoms with E-state index in [0.29, 0.717) is 22.2 Å². The predicted molar refractivity (Wildman–Crippen MR) is 77.4 cm³/mol. The quantitative estimate of drug-likeness (QED) is 0.898. The Morgan fingerprint density at radius 2 is 1.95 bits per heavy atom. The molecule has 1 aromatic carbocycles. The van der Waals surface area contributed by atoms with Gasteiger partial charge >= 0.3 is 0 Å². The molecule has 0 bridgehead atoms. The van der Waals surface area contributed by atoms with Crippen molar-refractivity contribution in [3.8, 4) is 0 Å². The van der Waals surface area contributed by atoms with E-state index in [1.807, 2.05) is 0 Å². The SMILES string of the molecule is Cc1c(Cl)cc(S(=O)(=O)NC2CCCNC2)cc1Cl. The lowest BCUT2D eigenvalue weighted by Crippen LogP contribution is -2.45. The Morgan fingerprint density at radius 1 is 1.32 bits per heavy atom. The van der Waals surface area contributed by atoms with E-state index >= 15 is 0 Å². The van der Waals surface area contributed by atoms with Gasteiger partial charge in [-0.15, -0.1) is 0 Å². The molecule has 4 nitrogen and oxygen atoms in total. The minimum atomic E-state index is -3.58. The maximum absolute atomic E-state index is 12.3. The first kappa shape index (κ1) is 15.1. The second-order valence-corrected chi connectivity index (χ2v) is 7.20. The molecule has 0 saturated carbocycles. The van der Waals surface area contributed by atoms with E-state index in [2.05, 4.69) is 10.0 Å². The van der Waals surface area contributed by atoms with Gasteiger partial charge in [0.25, 0.3) is 0 Å².